The molecule has 0 aliphatic carbocycles. The van der Waals surface area contributed by atoms with Crippen molar-refractivity contribution in [2.75, 3.05) is 26.0 Å². The van der Waals surface area contributed by atoms with Crippen LogP contribution in [0.5, 0.6) is 5.75 Å². The van der Waals surface area contributed by atoms with Crippen LogP contribution in [0.15, 0.2) is 48.8 Å². The Kier molecular flexibility index (Phi) is 5.64. The van der Waals surface area contributed by atoms with Gasteiger partial charge >= 0.3 is 0 Å². The van der Waals surface area contributed by atoms with Gasteiger partial charge in [-0.3, -0.25) is 4.57 Å². The molecule has 0 fully saturated rings. The van der Waals surface area contributed by atoms with E-state index in [4.69, 9.17) is 16.3 Å². The summed E-state index contributed by atoms with van der Waals surface area (Å²) in [6.45, 7) is 1.87. The van der Waals surface area contributed by atoms with E-state index >= 15 is 0 Å². The van der Waals surface area contributed by atoms with Crippen molar-refractivity contribution in [1.82, 2.24) is 19.4 Å². The van der Waals surface area contributed by atoms with E-state index in [1.165, 1.54) is 29.5 Å². The lowest BCUT2D eigenvalue weighted by molar-refractivity contribution is 0.151. The molecule has 1 N–H and O–H groups in total. The van der Waals surface area contributed by atoms with Crippen LogP contribution in [0.2, 0.25) is 5.02 Å². The maximum absolute atomic E-state index is 13.1. The van der Waals surface area contributed by atoms with Crippen LogP contribution in [0.1, 0.15) is 23.1 Å². The van der Waals surface area contributed by atoms with Crippen molar-refractivity contribution in [2.45, 2.75) is 19.4 Å². The Morgan fingerprint density at radius 3 is 2.79 bits per heavy atom. The number of hydrogen-bond donors (Lipinski definition) is 1. The van der Waals surface area contributed by atoms with Gasteiger partial charge in [0, 0.05) is 30.2 Å². The largest absolute Gasteiger partial charge is 0.495 e. The van der Waals surface area contributed by atoms with Gasteiger partial charge in [0.1, 0.15) is 10.8 Å². The lowest BCUT2D eigenvalue weighted by Gasteiger charge is -2.26. The number of methoxy groups -OCH3 is 1. The molecule has 170 valence electrons. The van der Waals surface area contributed by atoms with Crippen LogP contribution < -0.4 is 10.1 Å². The first-order valence-electron chi connectivity index (χ1n) is 10.5. The second-order valence-corrected chi connectivity index (χ2v) is 8.51. The second kappa shape index (κ2) is 8.61. The van der Waals surface area contributed by atoms with Gasteiger partial charge in [-0.05, 0) is 54.9 Å². The number of nitrogens with one attached hydrogen (secondary N) is 1. The first-order chi connectivity index (χ1) is 15.9. The van der Waals surface area contributed by atoms with Crippen molar-refractivity contribution in [3.05, 3.63) is 70.5 Å². The highest BCUT2D eigenvalue weighted by Crippen LogP contribution is 2.34. The fourth-order valence-corrected chi connectivity index (χ4v) is 4.37. The van der Waals surface area contributed by atoms with Crippen LogP contribution in [0.25, 0.3) is 16.7 Å². The van der Waals surface area contributed by atoms with Gasteiger partial charge in [-0.2, -0.15) is 4.98 Å². The number of aromatic nitrogens is 3. The third kappa shape index (κ3) is 4.12. The number of likely N-dealkylation sites (N-methyl/N-ethyl adjacent to an activating group) is 1. The zero-order chi connectivity index (χ0) is 23.1. The fourth-order valence-electron chi connectivity index (χ4n) is 4.18. The van der Waals surface area contributed by atoms with Gasteiger partial charge in [-0.1, -0.05) is 17.7 Å². The summed E-state index contributed by atoms with van der Waals surface area (Å²) in [5.41, 5.74) is 3.96. The summed E-state index contributed by atoms with van der Waals surface area (Å²) in [5.74, 6) is 1.51. The molecule has 2 aromatic heterocycles. The van der Waals surface area contributed by atoms with E-state index in [9.17, 15) is 8.78 Å². The van der Waals surface area contributed by atoms with E-state index in [2.05, 4.69) is 39.4 Å². The zero-order valence-corrected chi connectivity index (χ0v) is 18.9. The number of rotatable bonds is 5. The molecule has 0 radical (unpaired) electrons. The molecule has 1 aliphatic rings. The van der Waals surface area contributed by atoms with Gasteiger partial charge < -0.3 is 15.0 Å². The van der Waals surface area contributed by atoms with Crippen LogP contribution in [0.3, 0.4) is 0 Å². The van der Waals surface area contributed by atoms with E-state index < -0.39 is 6.43 Å². The van der Waals surface area contributed by atoms with E-state index in [1.807, 2.05) is 0 Å². The standard InChI is InChI=1S/C24H22ClF2N5O/c1-31-7-5-14-11-21(33-2)19(10-17(14)13-31)29-24-28-12-18(25)23(30-24)32-8-6-15-9-16(22(26)27)3-4-20(15)32/h3-4,6,8-12,22H,5,7,13H2,1-2H3,(H,28,29,30). The van der Waals surface area contributed by atoms with Crippen molar-refractivity contribution in [3.8, 4) is 11.6 Å². The summed E-state index contributed by atoms with van der Waals surface area (Å²) in [7, 11) is 3.73. The number of benzene rings is 2. The molecule has 1 aliphatic heterocycles. The fraction of sp³-hybridized carbons (Fsp3) is 0.250. The second-order valence-electron chi connectivity index (χ2n) is 8.10. The molecule has 33 heavy (non-hydrogen) atoms. The predicted octanol–water partition coefficient (Wildman–Crippen LogP) is 5.75. The van der Waals surface area contributed by atoms with Crippen molar-refractivity contribution < 1.29 is 13.5 Å². The van der Waals surface area contributed by atoms with Gasteiger partial charge in [-0.15, -0.1) is 0 Å². The first-order valence-corrected chi connectivity index (χ1v) is 10.9. The number of halogens is 3. The normalized spacial score (nSPS) is 14.0. The van der Waals surface area contributed by atoms with E-state index in [0.717, 1.165) is 30.7 Å². The molecule has 0 bridgehead atoms. The van der Waals surface area contributed by atoms with Gasteiger partial charge in [-0.25, -0.2) is 13.8 Å². The lowest BCUT2D eigenvalue weighted by Crippen LogP contribution is -2.26. The quantitative estimate of drug-likeness (QED) is 0.403. The molecule has 9 heteroatoms. The number of hydrogen-bond acceptors (Lipinski definition) is 5. The highest BCUT2D eigenvalue weighted by molar-refractivity contribution is 6.32. The number of alkyl halides is 2. The number of fused-ring (bicyclic) bond motifs is 2. The van der Waals surface area contributed by atoms with Crippen LogP contribution >= 0.6 is 11.6 Å². The molecular weight excluding hydrogens is 448 g/mol. The minimum absolute atomic E-state index is 0.0264. The summed E-state index contributed by atoms with van der Waals surface area (Å²) in [6, 6.07) is 10.4. The Balaban J connectivity index is 1.52. The Hall–Kier alpha value is -3.23. The highest BCUT2D eigenvalue weighted by Gasteiger charge is 2.18. The third-order valence-corrected chi connectivity index (χ3v) is 6.16. The average Bonchev–Trinajstić information content (AvgIpc) is 3.23. The SMILES string of the molecule is COc1cc2c(cc1Nc1ncc(Cl)c(-n3ccc4cc(C(F)F)ccc43)n1)CN(C)CC2. The Morgan fingerprint density at radius 1 is 1.15 bits per heavy atom. The van der Waals surface area contributed by atoms with Crippen LogP contribution in [-0.4, -0.2) is 40.1 Å². The minimum atomic E-state index is -2.53. The lowest BCUT2D eigenvalue weighted by atomic mass is 9.99. The molecule has 6 nitrogen and oxygen atoms in total. The van der Waals surface area contributed by atoms with Crippen LogP contribution in [-0.2, 0) is 13.0 Å². The van der Waals surface area contributed by atoms with Crippen LogP contribution in [0.4, 0.5) is 20.4 Å². The van der Waals surface area contributed by atoms with Crippen molar-refractivity contribution in [2.24, 2.45) is 0 Å². The summed E-state index contributed by atoms with van der Waals surface area (Å²) in [5, 5.41) is 4.27. The van der Waals surface area contributed by atoms with Crippen LogP contribution in [0, 0.1) is 0 Å². The molecule has 5 rings (SSSR count). The summed E-state index contributed by atoms with van der Waals surface area (Å²) in [6.07, 6.45) is 1.72. The summed E-state index contributed by atoms with van der Waals surface area (Å²) in [4.78, 5) is 11.2. The molecule has 3 heterocycles. The summed E-state index contributed by atoms with van der Waals surface area (Å²) < 4.78 is 33.5. The molecule has 0 saturated heterocycles. The monoisotopic (exact) mass is 469 g/mol. The maximum Gasteiger partial charge on any atom is 0.263 e. The Bertz CT molecular complexity index is 1340. The number of ether oxygens (including phenoxy) is 1. The van der Waals surface area contributed by atoms with Crippen molar-refractivity contribution in [3.63, 3.8) is 0 Å². The van der Waals surface area contributed by atoms with Gasteiger partial charge in [0.2, 0.25) is 5.95 Å². The minimum Gasteiger partial charge on any atom is -0.495 e. The highest BCUT2D eigenvalue weighted by atomic mass is 35.5. The van der Waals surface area contributed by atoms with E-state index in [0.29, 0.717) is 27.9 Å². The molecule has 0 atom stereocenters. The van der Waals surface area contributed by atoms with Gasteiger partial charge in [0.15, 0.2) is 5.82 Å². The Labute approximate surface area is 194 Å². The summed E-state index contributed by atoms with van der Waals surface area (Å²) >= 11 is 6.42. The molecular formula is C24H22ClF2N5O. The average molecular weight is 470 g/mol. The molecule has 0 unspecified atom stereocenters. The third-order valence-electron chi connectivity index (χ3n) is 5.89. The molecule has 4 aromatic rings. The topological polar surface area (TPSA) is 55.2 Å². The van der Waals surface area contributed by atoms with Crippen molar-refractivity contribution in [1.29, 1.82) is 0 Å². The van der Waals surface area contributed by atoms with E-state index in [1.54, 1.807) is 30.0 Å². The molecule has 0 spiro atoms. The number of nitrogens with zero attached hydrogens (tertiary/aromatic N) is 4. The molecule has 0 saturated carbocycles. The van der Waals surface area contributed by atoms with Gasteiger partial charge in [0.25, 0.3) is 6.43 Å². The first kappa shape index (κ1) is 21.6. The van der Waals surface area contributed by atoms with E-state index in [-0.39, 0.29) is 5.56 Å². The maximum atomic E-state index is 13.1. The zero-order valence-electron chi connectivity index (χ0n) is 18.1. The van der Waals surface area contributed by atoms with Gasteiger partial charge in [0.05, 0.1) is 24.5 Å². The van der Waals surface area contributed by atoms with Crippen molar-refractivity contribution >= 4 is 34.1 Å². The molecule has 0 amide bonds. The molecule has 2 aromatic carbocycles. The number of anilines is 2. The Morgan fingerprint density at radius 2 is 2.00 bits per heavy atom. The smallest absolute Gasteiger partial charge is 0.263 e. The predicted molar refractivity (Wildman–Crippen MR) is 125 cm³/mol.